The van der Waals surface area contributed by atoms with Gasteiger partial charge in [0.15, 0.2) is 5.75 Å². The molecular formula is C18H15BrClNO2. The monoisotopic (exact) mass is 391 g/mol. The Morgan fingerprint density at radius 1 is 1.22 bits per heavy atom. The van der Waals surface area contributed by atoms with E-state index in [4.69, 9.17) is 26.3 Å². The van der Waals surface area contributed by atoms with Crippen molar-refractivity contribution in [3.05, 3.63) is 69.7 Å². The molecule has 0 aliphatic heterocycles. The maximum atomic E-state index is 9.15. The van der Waals surface area contributed by atoms with Gasteiger partial charge in [0.25, 0.3) is 0 Å². The number of rotatable bonds is 7. The lowest BCUT2D eigenvalue weighted by atomic mass is 10.1. The van der Waals surface area contributed by atoms with Crippen molar-refractivity contribution in [3.63, 3.8) is 0 Å². The first-order valence-electron chi connectivity index (χ1n) is 6.99. The first-order chi connectivity index (χ1) is 11.2. The van der Waals surface area contributed by atoms with Gasteiger partial charge in [-0.05, 0) is 46.1 Å². The van der Waals surface area contributed by atoms with Crippen LogP contribution in [-0.4, -0.2) is 13.2 Å². The molecule has 0 saturated carbocycles. The predicted molar refractivity (Wildman–Crippen MR) is 95.2 cm³/mol. The minimum atomic E-state index is 0.317. The van der Waals surface area contributed by atoms with Crippen LogP contribution in [0.25, 0.3) is 0 Å². The van der Waals surface area contributed by atoms with E-state index in [0.29, 0.717) is 34.0 Å². The first kappa shape index (κ1) is 17.4. The number of ether oxygens (including phenoxy) is 2. The SMILES string of the molecule is C=CCc1ccccc1OCCOc1c(Br)cc(Cl)cc1C#N. The summed E-state index contributed by atoms with van der Waals surface area (Å²) in [6.07, 6.45) is 2.58. The van der Waals surface area contributed by atoms with Gasteiger partial charge < -0.3 is 9.47 Å². The molecule has 0 saturated heterocycles. The van der Waals surface area contributed by atoms with Crippen LogP contribution in [0.3, 0.4) is 0 Å². The van der Waals surface area contributed by atoms with Gasteiger partial charge in [-0.15, -0.1) is 6.58 Å². The van der Waals surface area contributed by atoms with Gasteiger partial charge in [-0.2, -0.15) is 5.26 Å². The Hall–Kier alpha value is -1.96. The van der Waals surface area contributed by atoms with Gasteiger partial charge in [0.2, 0.25) is 0 Å². The molecule has 0 atom stereocenters. The van der Waals surface area contributed by atoms with E-state index in [1.165, 1.54) is 0 Å². The van der Waals surface area contributed by atoms with E-state index in [0.717, 1.165) is 17.7 Å². The van der Waals surface area contributed by atoms with Crippen molar-refractivity contribution >= 4 is 27.5 Å². The highest BCUT2D eigenvalue weighted by Gasteiger charge is 2.10. The summed E-state index contributed by atoms with van der Waals surface area (Å²) in [4.78, 5) is 0. The summed E-state index contributed by atoms with van der Waals surface area (Å²) in [5.41, 5.74) is 1.46. The van der Waals surface area contributed by atoms with E-state index in [2.05, 4.69) is 28.6 Å². The van der Waals surface area contributed by atoms with E-state index in [-0.39, 0.29) is 0 Å². The second-order valence-electron chi connectivity index (χ2n) is 4.67. The van der Waals surface area contributed by atoms with Crippen molar-refractivity contribution < 1.29 is 9.47 Å². The molecule has 0 N–H and O–H groups in total. The third-order valence-electron chi connectivity index (χ3n) is 3.05. The molecule has 0 aliphatic carbocycles. The van der Waals surface area contributed by atoms with Crippen molar-refractivity contribution in [1.82, 2.24) is 0 Å². The molecule has 23 heavy (non-hydrogen) atoms. The van der Waals surface area contributed by atoms with E-state index in [9.17, 15) is 0 Å². The predicted octanol–water partition coefficient (Wildman–Crippen LogP) is 5.16. The van der Waals surface area contributed by atoms with Crippen molar-refractivity contribution in [2.75, 3.05) is 13.2 Å². The molecule has 0 aliphatic rings. The number of allylic oxidation sites excluding steroid dienone is 1. The molecule has 0 bridgehead atoms. The van der Waals surface area contributed by atoms with Crippen molar-refractivity contribution in [2.45, 2.75) is 6.42 Å². The van der Waals surface area contributed by atoms with Gasteiger partial charge in [-0.25, -0.2) is 0 Å². The molecule has 0 radical (unpaired) electrons. The van der Waals surface area contributed by atoms with Gasteiger partial charge in [0.05, 0.1) is 10.0 Å². The lowest BCUT2D eigenvalue weighted by molar-refractivity contribution is 0.215. The molecule has 0 heterocycles. The van der Waals surface area contributed by atoms with Crippen LogP contribution in [-0.2, 0) is 6.42 Å². The van der Waals surface area contributed by atoms with Gasteiger partial charge in [0.1, 0.15) is 25.0 Å². The average molecular weight is 393 g/mol. The number of nitrogens with zero attached hydrogens (tertiary/aromatic N) is 1. The topological polar surface area (TPSA) is 42.2 Å². The molecule has 5 heteroatoms. The molecule has 118 valence electrons. The zero-order chi connectivity index (χ0) is 16.7. The third kappa shape index (κ3) is 4.75. The summed E-state index contributed by atoms with van der Waals surface area (Å²) in [6, 6.07) is 13.1. The van der Waals surface area contributed by atoms with E-state index < -0.39 is 0 Å². The molecule has 0 unspecified atom stereocenters. The van der Waals surface area contributed by atoms with Crippen LogP contribution >= 0.6 is 27.5 Å². The number of hydrogen-bond donors (Lipinski definition) is 0. The maximum absolute atomic E-state index is 9.15. The van der Waals surface area contributed by atoms with Gasteiger partial charge in [-0.1, -0.05) is 35.9 Å². The van der Waals surface area contributed by atoms with Crippen LogP contribution < -0.4 is 9.47 Å². The average Bonchev–Trinajstić information content (AvgIpc) is 2.54. The van der Waals surface area contributed by atoms with Crippen molar-refractivity contribution in [1.29, 1.82) is 5.26 Å². The van der Waals surface area contributed by atoms with Gasteiger partial charge in [-0.3, -0.25) is 0 Å². The van der Waals surface area contributed by atoms with Crippen LogP contribution in [0.5, 0.6) is 11.5 Å². The van der Waals surface area contributed by atoms with Gasteiger partial charge >= 0.3 is 0 Å². The minimum absolute atomic E-state index is 0.317. The summed E-state index contributed by atoms with van der Waals surface area (Å²) in [5, 5.41) is 9.63. The number of hydrogen-bond acceptors (Lipinski definition) is 3. The van der Waals surface area contributed by atoms with Crippen LogP contribution in [0, 0.1) is 11.3 Å². The zero-order valence-electron chi connectivity index (χ0n) is 12.4. The Kier molecular flexibility index (Phi) is 6.52. The Labute approximate surface area is 149 Å². The number of para-hydroxylation sites is 1. The lowest BCUT2D eigenvalue weighted by Gasteiger charge is -2.13. The molecule has 0 spiro atoms. The molecule has 2 aromatic carbocycles. The van der Waals surface area contributed by atoms with Crippen LogP contribution in [0.2, 0.25) is 5.02 Å². The Morgan fingerprint density at radius 2 is 1.96 bits per heavy atom. The smallest absolute Gasteiger partial charge is 0.151 e. The van der Waals surface area contributed by atoms with Crippen LogP contribution in [0.15, 0.2) is 53.5 Å². The van der Waals surface area contributed by atoms with Crippen LogP contribution in [0.4, 0.5) is 0 Å². The van der Waals surface area contributed by atoms with E-state index in [1.807, 2.05) is 30.3 Å². The molecular weight excluding hydrogens is 378 g/mol. The number of nitriles is 1. The standard InChI is InChI=1S/C18H15BrClNO2/c1-2-5-13-6-3-4-7-17(13)22-8-9-23-18-14(12-21)10-15(20)11-16(18)19/h2-4,6-7,10-11H,1,5,8-9H2. The Morgan fingerprint density at radius 3 is 2.70 bits per heavy atom. The van der Waals surface area contributed by atoms with E-state index >= 15 is 0 Å². The summed E-state index contributed by atoms with van der Waals surface area (Å²) in [5.74, 6) is 1.28. The first-order valence-corrected chi connectivity index (χ1v) is 8.16. The lowest BCUT2D eigenvalue weighted by Crippen LogP contribution is -2.11. The van der Waals surface area contributed by atoms with Crippen molar-refractivity contribution in [3.8, 4) is 17.6 Å². The maximum Gasteiger partial charge on any atom is 0.151 e. The summed E-state index contributed by atoms with van der Waals surface area (Å²) in [6.45, 7) is 4.43. The van der Waals surface area contributed by atoms with Crippen LogP contribution in [0.1, 0.15) is 11.1 Å². The molecule has 3 nitrogen and oxygen atoms in total. The quantitative estimate of drug-likeness (QED) is 0.483. The number of benzene rings is 2. The van der Waals surface area contributed by atoms with Crippen molar-refractivity contribution in [2.24, 2.45) is 0 Å². The second kappa shape index (κ2) is 8.61. The molecule has 0 aromatic heterocycles. The number of halogens is 2. The highest BCUT2D eigenvalue weighted by molar-refractivity contribution is 9.10. The Bertz CT molecular complexity index is 740. The zero-order valence-corrected chi connectivity index (χ0v) is 14.7. The molecule has 0 amide bonds. The molecule has 2 rings (SSSR count). The largest absolute Gasteiger partial charge is 0.490 e. The minimum Gasteiger partial charge on any atom is -0.490 e. The normalized spacial score (nSPS) is 9.96. The summed E-state index contributed by atoms with van der Waals surface area (Å²) >= 11 is 9.28. The fourth-order valence-electron chi connectivity index (χ4n) is 2.05. The highest BCUT2D eigenvalue weighted by atomic mass is 79.9. The summed E-state index contributed by atoms with van der Waals surface area (Å²) in [7, 11) is 0. The Balaban J connectivity index is 1.97. The van der Waals surface area contributed by atoms with Gasteiger partial charge in [0, 0.05) is 5.02 Å². The second-order valence-corrected chi connectivity index (χ2v) is 5.96. The fourth-order valence-corrected chi connectivity index (χ4v) is 2.98. The highest BCUT2D eigenvalue weighted by Crippen LogP contribution is 2.32. The van der Waals surface area contributed by atoms with E-state index in [1.54, 1.807) is 12.1 Å². The molecule has 0 fully saturated rings. The summed E-state index contributed by atoms with van der Waals surface area (Å²) < 4.78 is 12.1. The molecule has 2 aromatic rings. The third-order valence-corrected chi connectivity index (χ3v) is 3.86. The fraction of sp³-hybridized carbons (Fsp3) is 0.167.